The third kappa shape index (κ3) is 4.44. The molecule has 1 unspecified atom stereocenters. The molecule has 2 aliphatic heterocycles. The van der Waals surface area contributed by atoms with E-state index in [0.29, 0.717) is 5.25 Å². The summed E-state index contributed by atoms with van der Waals surface area (Å²) in [6, 6.07) is 34.5. The van der Waals surface area contributed by atoms with Crippen molar-refractivity contribution in [3.63, 3.8) is 0 Å². The minimum Gasteiger partial charge on any atom is -0.447 e. The topological polar surface area (TPSA) is 18.5 Å². The smallest absolute Gasteiger partial charge is 0.203 e. The normalized spacial score (nSPS) is 14.9. The Bertz CT molecular complexity index is 1290. The summed E-state index contributed by atoms with van der Waals surface area (Å²) in [5.74, 6) is 5.11. The fourth-order valence-electron chi connectivity index (χ4n) is 5.04. The predicted molar refractivity (Wildman–Crippen MR) is 151 cm³/mol. The number of para-hydroxylation sites is 4. The van der Waals surface area contributed by atoms with E-state index in [-0.39, 0.29) is 21.8 Å². The Morgan fingerprint density at radius 3 is 1.56 bits per heavy atom. The Labute approximate surface area is 219 Å². The standard InChI is InChI=1S/C32H30O2S2/c1-2-3-4-5-14-24(36-31-21-12-8-17-27(31)34-28-18-9-13-22-32(28)36)23-35-29-19-10-6-15-25(29)33-26-16-7-11-20-30(26)35/h2,6-13,15-22,24H,1,3-5,14,23H2/q+2. The average molecular weight is 511 g/mol. The molecule has 2 aliphatic rings. The lowest BCUT2D eigenvalue weighted by Gasteiger charge is -2.26. The van der Waals surface area contributed by atoms with Gasteiger partial charge < -0.3 is 9.47 Å². The van der Waals surface area contributed by atoms with Gasteiger partial charge in [0.2, 0.25) is 19.6 Å². The molecule has 0 fully saturated rings. The zero-order valence-electron chi connectivity index (χ0n) is 20.3. The molecule has 6 rings (SSSR count). The summed E-state index contributed by atoms with van der Waals surface area (Å²) in [6.07, 6.45) is 6.67. The molecule has 180 valence electrons. The van der Waals surface area contributed by atoms with Gasteiger partial charge in [0.15, 0.2) is 34.0 Å². The minimum atomic E-state index is -0.0777. The molecule has 2 nitrogen and oxygen atoms in total. The summed E-state index contributed by atoms with van der Waals surface area (Å²) < 4.78 is 12.7. The fraction of sp³-hybridized carbons (Fsp3) is 0.188. The Balaban J connectivity index is 1.44. The van der Waals surface area contributed by atoms with Crippen molar-refractivity contribution in [2.45, 2.75) is 50.5 Å². The zero-order valence-corrected chi connectivity index (χ0v) is 21.9. The predicted octanol–water partition coefficient (Wildman–Crippen LogP) is 8.79. The molecule has 0 N–H and O–H groups in total. The van der Waals surface area contributed by atoms with E-state index in [4.69, 9.17) is 9.47 Å². The maximum Gasteiger partial charge on any atom is 0.203 e. The maximum absolute atomic E-state index is 6.38. The number of hydrogen-bond donors (Lipinski definition) is 0. The van der Waals surface area contributed by atoms with Gasteiger partial charge in [0, 0.05) is 6.42 Å². The lowest BCUT2D eigenvalue weighted by Crippen LogP contribution is -2.33. The number of hydrogen-bond acceptors (Lipinski definition) is 2. The van der Waals surface area contributed by atoms with E-state index in [9.17, 15) is 0 Å². The number of ether oxygens (including phenoxy) is 2. The SMILES string of the molecule is C=CCCCCC(C[S+]1c2ccccc2Oc2ccccc21)[S+]1c2ccccc2Oc2ccccc21. The molecular formula is C32H30O2S2+2. The molecule has 0 bridgehead atoms. The van der Waals surface area contributed by atoms with Crippen LogP contribution in [0.15, 0.2) is 129 Å². The van der Waals surface area contributed by atoms with Gasteiger partial charge >= 0.3 is 0 Å². The summed E-state index contributed by atoms with van der Waals surface area (Å²) in [5, 5.41) is 0.489. The molecule has 0 saturated heterocycles. The summed E-state index contributed by atoms with van der Waals surface area (Å²) in [6.45, 7) is 3.94. The van der Waals surface area contributed by atoms with Crippen molar-refractivity contribution in [2.75, 3.05) is 5.75 Å². The highest BCUT2D eigenvalue weighted by atomic mass is 32.2. The quantitative estimate of drug-likeness (QED) is 0.134. The molecule has 0 radical (unpaired) electrons. The van der Waals surface area contributed by atoms with E-state index in [2.05, 4.69) is 104 Å². The fourth-order valence-corrected chi connectivity index (χ4v) is 10.8. The van der Waals surface area contributed by atoms with Gasteiger partial charge in [0.05, 0.1) is 21.8 Å². The molecule has 4 aromatic rings. The van der Waals surface area contributed by atoms with Crippen LogP contribution in [0.25, 0.3) is 0 Å². The van der Waals surface area contributed by atoms with Crippen LogP contribution in [0.2, 0.25) is 0 Å². The number of unbranched alkanes of at least 4 members (excludes halogenated alkanes) is 2. The van der Waals surface area contributed by atoms with Crippen molar-refractivity contribution in [1.29, 1.82) is 0 Å². The third-order valence-electron chi connectivity index (χ3n) is 6.71. The van der Waals surface area contributed by atoms with Crippen LogP contribution in [0, 0.1) is 0 Å². The van der Waals surface area contributed by atoms with E-state index in [1.165, 1.54) is 38.8 Å². The van der Waals surface area contributed by atoms with Crippen molar-refractivity contribution in [3.8, 4) is 23.0 Å². The molecule has 4 heteroatoms. The maximum atomic E-state index is 6.38. The number of rotatable bonds is 8. The van der Waals surface area contributed by atoms with E-state index in [0.717, 1.165) is 35.2 Å². The van der Waals surface area contributed by atoms with Crippen LogP contribution in [0.5, 0.6) is 23.0 Å². The van der Waals surface area contributed by atoms with Crippen LogP contribution in [0.1, 0.15) is 25.7 Å². The van der Waals surface area contributed by atoms with Gasteiger partial charge in [-0.1, -0.05) is 54.6 Å². The first-order valence-corrected chi connectivity index (χ1v) is 15.3. The van der Waals surface area contributed by atoms with Gasteiger partial charge in [-0.3, -0.25) is 0 Å². The van der Waals surface area contributed by atoms with Crippen molar-refractivity contribution in [2.24, 2.45) is 0 Å². The van der Waals surface area contributed by atoms with E-state index in [1.807, 2.05) is 6.08 Å². The lowest BCUT2D eigenvalue weighted by molar-refractivity contribution is 0.451. The van der Waals surface area contributed by atoms with Gasteiger partial charge in [-0.2, -0.15) is 0 Å². The highest BCUT2D eigenvalue weighted by molar-refractivity contribution is 8.01. The van der Waals surface area contributed by atoms with Gasteiger partial charge in [-0.15, -0.1) is 6.58 Å². The molecule has 1 atom stereocenters. The van der Waals surface area contributed by atoms with Gasteiger partial charge in [0.1, 0.15) is 0 Å². The highest BCUT2D eigenvalue weighted by Gasteiger charge is 2.49. The Hall–Kier alpha value is -3.08. The van der Waals surface area contributed by atoms with Crippen LogP contribution >= 0.6 is 0 Å². The molecule has 0 amide bonds. The zero-order chi connectivity index (χ0) is 24.3. The van der Waals surface area contributed by atoms with Crippen molar-refractivity contribution >= 4 is 21.8 Å². The monoisotopic (exact) mass is 510 g/mol. The van der Waals surface area contributed by atoms with Crippen molar-refractivity contribution in [1.82, 2.24) is 0 Å². The molecule has 0 aliphatic carbocycles. The van der Waals surface area contributed by atoms with Crippen LogP contribution in [0.3, 0.4) is 0 Å². The van der Waals surface area contributed by atoms with Gasteiger partial charge in [-0.25, -0.2) is 0 Å². The Morgan fingerprint density at radius 1 is 0.611 bits per heavy atom. The largest absolute Gasteiger partial charge is 0.447 e. The molecule has 36 heavy (non-hydrogen) atoms. The van der Waals surface area contributed by atoms with Crippen molar-refractivity contribution < 1.29 is 9.47 Å². The summed E-state index contributed by atoms with van der Waals surface area (Å²) >= 11 is 0. The third-order valence-corrected chi connectivity index (χ3v) is 12.1. The highest BCUT2D eigenvalue weighted by Crippen LogP contribution is 2.49. The van der Waals surface area contributed by atoms with E-state index < -0.39 is 0 Å². The Morgan fingerprint density at radius 2 is 1.06 bits per heavy atom. The molecular weight excluding hydrogens is 480 g/mol. The van der Waals surface area contributed by atoms with E-state index in [1.54, 1.807) is 0 Å². The number of allylic oxidation sites excluding steroid dienone is 1. The number of fused-ring (bicyclic) bond motifs is 4. The first-order chi connectivity index (χ1) is 17.8. The second-order valence-electron chi connectivity index (χ2n) is 9.08. The average Bonchev–Trinajstić information content (AvgIpc) is 2.93. The first-order valence-electron chi connectivity index (χ1n) is 12.6. The molecule has 0 saturated carbocycles. The summed E-state index contributed by atoms with van der Waals surface area (Å²) in [7, 11) is -0.144. The van der Waals surface area contributed by atoms with Crippen molar-refractivity contribution in [3.05, 3.63) is 110 Å². The lowest BCUT2D eigenvalue weighted by atomic mass is 10.1. The molecule has 0 aromatic heterocycles. The second kappa shape index (κ2) is 10.5. The first kappa shape index (κ1) is 23.3. The Kier molecular flexibility index (Phi) is 6.80. The summed E-state index contributed by atoms with van der Waals surface area (Å²) in [4.78, 5) is 5.32. The molecule has 4 aromatic carbocycles. The number of benzene rings is 4. The van der Waals surface area contributed by atoms with Crippen LogP contribution in [0.4, 0.5) is 0 Å². The molecule has 0 spiro atoms. The minimum absolute atomic E-state index is 0.0661. The van der Waals surface area contributed by atoms with Crippen LogP contribution < -0.4 is 9.47 Å². The van der Waals surface area contributed by atoms with Gasteiger partial charge in [-0.05, 0) is 67.8 Å². The summed E-state index contributed by atoms with van der Waals surface area (Å²) in [5.41, 5.74) is 0. The van der Waals surface area contributed by atoms with Crippen LogP contribution in [-0.2, 0) is 21.8 Å². The van der Waals surface area contributed by atoms with Gasteiger partial charge in [0.25, 0.3) is 0 Å². The second-order valence-corrected chi connectivity index (χ2v) is 13.3. The van der Waals surface area contributed by atoms with Crippen LogP contribution in [-0.4, -0.2) is 11.0 Å². The van der Waals surface area contributed by atoms with E-state index >= 15 is 0 Å². The molecule has 2 heterocycles.